The van der Waals surface area contributed by atoms with E-state index in [0.717, 1.165) is 28.6 Å². The highest BCUT2D eigenvalue weighted by atomic mass is 32.2. The van der Waals surface area contributed by atoms with Gasteiger partial charge in [-0.1, -0.05) is 18.2 Å². The van der Waals surface area contributed by atoms with Crippen LogP contribution in [0.2, 0.25) is 0 Å². The van der Waals surface area contributed by atoms with Gasteiger partial charge in [0.05, 0.1) is 33.9 Å². The number of amides is 2. The Kier molecular flexibility index (Phi) is 7.36. The van der Waals surface area contributed by atoms with Crippen molar-refractivity contribution in [1.29, 1.82) is 10.5 Å². The molecule has 1 aliphatic rings. The standard InChI is InChI=1S/C26H21FN4O5S3/c1-16-7-10-24(37-16)39(35,36)31-25(21-9-8-19(14-28)12-23(21)38(3,33)34)22(15-29)17(2)30(26(31)32)20-6-4-5-18(11-20)13-27/h4-12,25H,13H2,1-3H3/t25-/m1/s1. The van der Waals surface area contributed by atoms with E-state index in [-0.39, 0.29) is 37.9 Å². The van der Waals surface area contributed by atoms with Gasteiger partial charge in [0.2, 0.25) is 0 Å². The molecule has 13 heteroatoms. The van der Waals surface area contributed by atoms with E-state index in [9.17, 15) is 36.5 Å². The smallest absolute Gasteiger partial charge is 0.265 e. The Morgan fingerprint density at radius 2 is 1.72 bits per heavy atom. The molecular formula is C26H21FN4O5S3. The van der Waals surface area contributed by atoms with Gasteiger partial charge in [0, 0.05) is 16.8 Å². The predicted molar refractivity (Wildman–Crippen MR) is 143 cm³/mol. The molecule has 39 heavy (non-hydrogen) atoms. The Morgan fingerprint density at radius 1 is 1.00 bits per heavy atom. The summed E-state index contributed by atoms with van der Waals surface area (Å²) in [5.74, 6) is 0. The van der Waals surface area contributed by atoms with Crippen LogP contribution in [0, 0.1) is 29.6 Å². The third-order valence-electron chi connectivity index (χ3n) is 6.12. The Bertz CT molecular complexity index is 1830. The first-order valence-electron chi connectivity index (χ1n) is 11.3. The number of allylic oxidation sites excluding steroid dienone is 1. The van der Waals surface area contributed by atoms with E-state index >= 15 is 0 Å². The van der Waals surface area contributed by atoms with Crippen LogP contribution in [-0.4, -0.2) is 33.4 Å². The summed E-state index contributed by atoms with van der Waals surface area (Å²) in [6, 6.07) is 13.4. The molecule has 1 aliphatic heterocycles. The lowest BCUT2D eigenvalue weighted by atomic mass is 9.94. The van der Waals surface area contributed by atoms with Gasteiger partial charge < -0.3 is 0 Å². The number of carbonyl (C=O) groups is 1. The molecule has 0 saturated heterocycles. The number of sulfone groups is 1. The zero-order chi connectivity index (χ0) is 28.7. The summed E-state index contributed by atoms with van der Waals surface area (Å²) in [4.78, 5) is 15.4. The zero-order valence-electron chi connectivity index (χ0n) is 20.9. The number of nitriles is 2. The Morgan fingerprint density at radius 3 is 2.28 bits per heavy atom. The first-order valence-corrected chi connectivity index (χ1v) is 15.4. The lowest BCUT2D eigenvalue weighted by Gasteiger charge is -2.41. The van der Waals surface area contributed by atoms with Crippen LogP contribution in [0.4, 0.5) is 14.9 Å². The van der Waals surface area contributed by atoms with Crippen molar-refractivity contribution < 1.29 is 26.0 Å². The van der Waals surface area contributed by atoms with Crippen molar-refractivity contribution in [2.24, 2.45) is 0 Å². The van der Waals surface area contributed by atoms with Crippen LogP contribution in [0.1, 0.15) is 34.5 Å². The highest BCUT2D eigenvalue weighted by Crippen LogP contribution is 2.44. The number of thiophene rings is 1. The van der Waals surface area contributed by atoms with Crippen molar-refractivity contribution >= 4 is 42.9 Å². The molecule has 2 aromatic carbocycles. The molecule has 9 nitrogen and oxygen atoms in total. The van der Waals surface area contributed by atoms with Crippen molar-refractivity contribution in [3.8, 4) is 12.1 Å². The topological polar surface area (TPSA) is 139 Å². The second-order valence-electron chi connectivity index (χ2n) is 8.74. The Labute approximate surface area is 229 Å². The van der Waals surface area contributed by atoms with Crippen LogP contribution in [-0.2, 0) is 26.5 Å². The maximum Gasteiger partial charge on any atom is 0.343 e. The van der Waals surface area contributed by atoms with Gasteiger partial charge in [0.1, 0.15) is 16.9 Å². The highest BCUT2D eigenvalue weighted by Gasteiger charge is 2.48. The molecule has 3 aromatic rings. The van der Waals surface area contributed by atoms with Crippen molar-refractivity contribution in [2.75, 3.05) is 11.2 Å². The number of urea groups is 1. The summed E-state index contributed by atoms with van der Waals surface area (Å²) in [5.41, 5.74) is 0.0177. The van der Waals surface area contributed by atoms with Gasteiger partial charge in [0.15, 0.2) is 9.84 Å². The van der Waals surface area contributed by atoms with Crippen LogP contribution < -0.4 is 4.90 Å². The molecule has 4 rings (SSSR count). The highest BCUT2D eigenvalue weighted by molar-refractivity contribution is 7.92. The van der Waals surface area contributed by atoms with Gasteiger partial charge in [-0.25, -0.2) is 30.3 Å². The number of alkyl halides is 1. The first kappa shape index (κ1) is 28.0. The second kappa shape index (κ2) is 10.3. The van der Waals surface area contributed by atoms with Crippen LogP contribution in [0.5, 0.6) is 0 Å². The number of nitrogens with zero attached hydrogens (tertiary/aromatic N) is 4. The lowest BCUT2D eigenvalue weighted by molar-refractivity contribution is 0.221. The molecule has 0 spiro atoms. The fourth-order valence-corrected chi connectivity index (χ4v) is 8.15. The number of aryl methyl sites for hydroxylation is 1. The number of benzene rings is 2. The number of carbonyl (C=O) groups excluding carboxylic acids is 1. The van der Waals surface area contributed by atoms with Crippen LogP contribution in [0.3, 0.4) is 0 Å². The zero-order valence-corrected chi connectivity index (χ0v) is 23.4. The molecule has 0 radical (unpaired) electrons. The van der Waals surface area contributed by atoms with Gasteiger partial charge in [0.25, 0.3) is 10.0 Å². The molecule has 1 aromatic heterocycles. The van der Waals surface area contributed by atoms with E-state index in [2.05, 4.69) is 0 Å². The van der Waals surface area contributed by atoms with Crippen LogP contribution in [0.25, 0.3) is 0 Å². The van der Waals surface area contributed by atoms with E-state index in [1.165, 1.54) is 49.4 Å². The van der Waals surface area contributed by atoms with E-state index in [1.54, 1.807) is 13.0 Å². The summed E-state index contributed by atoms with van der Waals surface area (Å²) in [6.07, 6.45) is 0.885. The average Bonchev–Trinajstić information content (AvgIpc) is 3.34. The minimum absolute atomic E-state index is 0.00604. The Balaban J connectivity index is 2.11. The quantitative estimate of drug-likeness (QED) is 0.398. The monoisotopic (exact) mass is 584 g/mol. The molecule has 0 bridgehead atoms. The largest absolute Gasteiger partial charge is 0.343 e. The number of halogens is 1. The first-order chi connectivity index (χ1) is 18.3. The number of sulfonamides is 1. The number of anilines is 1. The molecule has 200 valence electrons. The molecule has 0 N–H and O–H groups in total. The normalized spacial score (nSPS) is 16.3. The van der Waals surface area contributed by atoms with Crippen molar-refractivity contribution in [3.63, 3.8) is 0 Å². The SMILES string of the molecule is CC1=C(C#N)[C@@H](c2ccc(C#N)cc2S(C)(=O)=O)N(S(=O)(=O)c2ccc(C)s2)C(=O)N1c1cccc(CF)c1. The maximum absolute atomic E-state index is 14.1. The lowest BCUT2D eigenvalue weighted by Crippen LogP contribution is -2.52. The van der Waals surface area contributed by atoms with Crippen molar-refractivity contribution in [3.05, 3.63) is 87.4 Å². The van der Waals surface area contributed by atoms with E-state index in [0.29, 0.717) is 9.18 Å². The number of rotatable bonds is 6. The summed E-state index contributed by atoms with van der Waals surface area (Å²) in [6.45, 7) is 2.27. The van der Waals surface area contributed by atoms with E-state index in [4.69, 9.17) is 0 Å². The fraction of sp³-hybridized carbons (Fsp3) is 0.192. The number of hydrogen-bond donors (Lipinski definition) is 0. The molecule has 0 saturated carbocycles. The fourth-order valence-electron chi connectivity index (χ4n) is 4.33. The van der Waals surface area contributed by atoms with Crippen molar-refractivity contribution in [2.45, 2.75) is 35.7 Å². The minimum Gasteiger partial charge on any atom is -0.265 e. The predicted octanol–water partition coefficient (Wildman–Crippen LogP) is 4.97. The van der Waals surface area contributed by atoms with Crippen molar-refractivity contribution in [1.82, 2.24) is 4.31 Å². The molecule has 0 aliphatic carbocycles. The molecule has 2 amide bonds. The van der Waals surface area contributed by atoms with E-state index < -0.39 is 43.5 Å². The summed E-state index contributed by atoms with van der Waals surface area (Å²) in [5, 5.41) is 19.6. The molecule has 0 fully saturated rings. The van der Waals surface area contributed by atoms with Gasteiger partial charge in [-0.2, -0.15) is 10.5 Å². The Hall–Kier alpha value is -4.04. The van der Waals surface area contributed by atoms with Gasteiger partial charge >= 0.3 is 6.03 Å². The second-order valence-corrected chi connectivity index (χ2v) is 14.1. The van der Waals surface area contributed by atoms with E-state index in [1.807, 2.05) is 12.1 Å². The maximum atomic E-state index is 14.1. The van der Waals surface area contributed by atoms with Gasteiger partial charge in [-0.15, -0.1) is 11.3 Å². The average molecular weight is 585 g/mol. The molecule has 1 atom stereocenters. The third-order valence-corrected chi connectivity index (χ3v) is 10.5. The summed E-state index contributed by atoms with van der Waals surface area (Å²) in [7, 11) is -8.70. The summed E-state index contributed by atoms with van der Waals surface area (Å²) >= 11 is 0.906. The summed E-state index contributed by atoms with van der Waals surface area (Å²) < 4.78 is 67.4. The molecule has 2 heterocycles. The number of hydrogen-bond acceptors (Lipinski definition) is 8. The van der Waals surface area contributed by atoms with Gasteiger partial charge in [-0.05, 0) is 61.4 Å². The van der Waals surface area contributed by atoms with Gasteiger partial charge in [-0.3, -0.25) is 4.90 Å². The molecule has 0 unspecified atom stereocenters. The minimum atomic E-state index is -4.65. The van der Waals surface area contributed by atoms with Crippen LogP contribution in [0.15, 0.2) is 75.0 Å². The molecular weight excluding hydrogens is 564 g/mol. The van der Waals surface area contributed by atoms with Crippen LogP contribution >= 0.6 is 11.3 Å². The third kappa shape index (κ3) is 4.92.